The summed E-state index contributed by atoms with van der Waals surface area (Å²) in [4.78, 5) is 39.9. The van der Waals surface area contributed by atoms with Crippen LogP contribution < -0.4 is 0 Å². The lowest BCUT2D eigenvalue weighted by Crippen LogP contribution is -2.23. The topological polar surface area (TPSA) is 75.9 Å². The van der Waals surface area contributed by atoms with Crippen molar-refractivity contribution in [2.45, 2.75) is 5.66 Å². The number of rotatable bonds is 4. The summed E-state index contributed by atoms with van der Waals surface area (Å²) >= 11 is 0. The summed E-state index contributed by atoms with van der Waals surface area (Å²) in [5.41, 5.74) is -0.839. The molecule has 2 rings (SSSR count). The zero-order chi connectivity index (χ0) is 14.4. The van der Waals surface area contributed by atoms with Crippen LogP contribution in [0.2, 0.25) is 0 Å². The van der Waals surface area contributed by atoms with Gasteiger partial charge in [0.05, 0.1) is 5.92 Å². The molecule has 0 radical (unpaired) electrons. The van der Waals surface area contributed by atoms with Gasteiger partial charge in [0, 0.05) is 5.56 Å². The lowest BCUT2D eigenvalue weighted by molar-refractivity contribution is 0.0964. The molecule has 1 aliphatic rings. The minimum absolute atomic E-state index is 0.0862. The van der Waals surface area contributed by atoms with E-state index in [1.54, 1.807) is 36.4 Å². The van der Waals surface area contributed by atoms with Crippen LogP contribution in [0.4, 0.5) is 0 Å². The molecular weight excluding hydrogens is 256 g/mol. The largest absolute Gasteiger partial charge is 0.293 e. The summed E-state index contributed by atoms with van der Waals surface area (Å²) < 4.78 is 0. The first-order chi connectivity index (χ1) is 9.71. The molecule has 0 spiro atoms. The van der Waals surface area contributed by atoms with E-state index in [2.05, 4.69) is 9.98 Å². The normalized spacial score (nSPS) is 23.5. The van der Waals surface area contributed by atoms with Crippen LogP contribution in [-0.4, -0.2) is 23.6 Å². The highest BCUT2D eigenvalue weighted by Gasteiger charge is 2.28. The Balaban J connectivity index is 2.25. The zero-order valence-corrected chi connectivity index (χ0v) is 10.4. The monoisotopic (exact) mass is 266 g/mol. The van der Waals surface area contributed by atoms with Crippen molar-refractivity contribution in [1.29, 1.82) is 0 Å². The Morgan fingerprint density at radius 3 is 2.05 bits per heavy atom. The molecule has 0 aromatic heterocycles. The predicted molar refractivity (Wildman–Crippen MR) is 71.5 cm³/mol. The number of hydrogen-bond acceptors (Lipinski definition) is 5. The molecule has 0 fully saturated rings. The van der Waals surface area contributed by atoms with Gasteiger partial charge >= 0.3 is 0 Å². The summed E-state index contributed by atoms with van der Waals surface area (Å²) in [5.74, 6) is -0.564. The molecule has 0 N–H and O–H groups in total. The molecule has 20 heavy (non-hydrogen) atoms. The molecule has 98 valence electrons. The van der Waals surface area contributed by atoms with Gasteiger partial charge in [-0.25, -0.2) is 9.59 Å². The zero-order valence-electron chi connectivity index (χ0n) is 10.4. The Bertz CT molecular complexity index is 630. The minimum Gasteiger partial charge on any atom is -0.293 e. The van der Waals surface area contributed by atoms with Crippen molar-refractivity contribution in [2.75, 3.05) is 0 Å². The first-order valence-electron chi connectivity index (χ1n) is 5.87. The Kier molecular flexibility index (Phi) is 3.96. The fourth-order valence-corrected chi connectivity index (χ4v) is 1.90. The molecule has 0 atom stereocenters. The van der Waals surface area contributed by atoms with Gasteiger partial charge in [-0.1, -0.05) is 42.5 Å². The number of isocyanates is 2. The molecule has 0 aliphatic heterocycles. The Hall–Kier alpha value is -2.87. The van der Waals surface area contributed by atoms with Crippen LogP contribution >= 0.6 is 0 Å². The number of carbonyl (C=O) groups excluding carboxylic acids is 3. The quantitative estimate of drug-likeness (QED) is 0.362. The molecule has 0 saturated carbocycles. The highest BCUT2D eigenvalue weighted by Crippen LogP contribution is 2.25. The number of benzene rings is 1. The number of hydrogen-bond donors (Lipinski definition) is 0. The van der Waals surface area contributed by atoms with Crippen molar-refractivity contribution in [3.8, 4) is 0 Å². The van der Waals surface area contributed by atoms with Crippen LogP contribution in [0.5, 0.6) is 0 Å². The second-order valence-corrected chi connectivity index (χ2v) is 4.16. The Labute approximate surface area is 115 Å². The third-order valence-corrected chi connectivity index (χ3v) is 2.91. The number of Topliss-reactive ketones (excluding diaryl/α,β-unsaturated/α-hetero) is 1. The van der Waals surface area contributed by atoms with E-state index in [9.17, 15) is 14.4 Å². The third-order valence-electron chi connectivity index (χ3n) is 2.91. The van der Waals surface area contributed by atoms with Gasteiger partial charge in [0.2, 0.25) is 17.8 Å². The lowest BCUT2D eigenvalue weighted by Gasteiger charge is -2.19. The summed E-state index contributed by atoms with van der Waals surface area (Å²) in [6, 6.07) is 8.83. The van der Waals surface area contributed by atoms with Gasteiger partial charge in [0.15, 0.2) is 5.78 Å². The van der Waals surface area contributed by atoms with Crippen molar-refractivity contribution in [1.82, 2.24) is 0 Å². The first kappa shape index (κ1) is 13.6. The molecule has 0 unspecified atom stereocenters. The number of aliphatic imine (C=N–C) groups is 2. The summed E-state index contributed by atoms with van der Waals surface area (Å²) in [6.45, 7) is 0. The predicted octanol–water partition coefficient (Wildman–Crippen LogP) is 1.98. The maximum atomic E-state index is 12.2. The molecule has 1 aliphatic carbocycles. The van der Waals surface area contributed by atoms with Crippen LogP contribution in [0.15, 0.2) is 64.6 Å². The Morgan fingerprint density at radius 2 is 1.55 bits per heavy atom. The minimum atomic E-state index is -1.42. The van der Waals surface area contributed by atoms with Crippen LogP contribution in [0.3, 0.4) is 0 Å². The number of ketones is 1. The highest BCUT2D eigenvalue weighted by atomic mass is 16.1. The third kappa shape index (κ3) is 2.75. The van der Waals surface area contributed by atoms with Crippen LogP contribution in [-0.2, 0) is 9.59 Å². The molecular formula is C15H10N2O3. The highest BCUT2D eigenvalue weighted by molar-refractivity contribution is 6.00. The fourth-order valence-electron chi connectivity index (χ4n) is 1.90. The van der Waals surface area contributed by atoms with E-state index in [4.69, 9.17) is 0 Å². The average Bonchev–Trinajstić information content (AvgIpc) is 2.49. The number of allylic oxidation sites excluding steroid dienone is 2. The van der Waals surface area contributed by atoms with Gasteiger partial charge in [-0.3, -0.25) is 4.79 Å². The first-order valence-corrected chi connectivity index (χ1v) is 5.87. The maximum Gasteiger partial charge on any atom is 0.238 e. The number of nitrogens with zero attached hydrogens (tertiary/aromatic N) is 2. The van der Waals surface area contributed by atoms with E-state index >= 15 is 0 Å². The van der Waals surface area contributed by atoms with Crippen molar-refractivity contribution >= 4 is 17.9 Å². The maximum absolute atomic E-state index is 12.2. The van der Waals surface area contributed by atoms with Gasteiger partial charge in [0.1, 0.15) is 0 Å². The second kappa shape index (κ2) is 5.85. The molecule has 0 bridgehead atoms. The van der Waals surface area contributed by atoms with Crippen molar-refractivity contribution < 1.29 is 14.4 Å². The van der Waals surface area contributed by atoms with Crippen LogP contribution in [0, 0.1) is 5.92 Å². The Morgan fingerprint density at radius 1 is 1.00 bits per heavy atom. The van der Waals surface area contributed by atoms with Gasteiger partial charge in [0.25, 0.3) is 0 Å². The molecule has 0 amide bonds. The smallest absolute Gasteiger partial charge is 0.238 e. The van der Waals surface area contributed by atoms with E-state index in [0.29, 0.717) is 5.56 Å². The average molecular weight is 266 g/mol. The van der Waals surface area contributed by atoms with Crippen molar-refractivity contribution in [3.05, 3.63) is 60.2 Å². The van der Waals surface area contributed by atoms with Gasteiger partial charge in [-0.05, 0) is 12.2 Å². The van der Waals surface area contributed by atoms with E-state index in [1.807, 2.05) is 6.07 Å². The van der Waals surface area contributed by atoms with E-state index in [1.165, 1.54) is 24.3 Å². The van der Waals surface area contributed by atoms with Crippen LogP contribution in [0.25, 0.3) is 0 Å². The molecule has 0 heterocycles. The van der Waals surface area contributed by atoms with E-state index < -0.39 is 11.6 Å². The van der Waals surface area contributed by atoms with Crippen molar-refractivity contribution in [2.24, 2.45) is 15.9 Å². The standard InChI is InChI=1S/C15H10N2O3/c18-10-16-15(17-11-19)8-6-13(7-9-15)14(20)12-4-2-1-3-5-12/h1-9,13H. The molecule has 5 heteroatoms. The fraction of sp³-hybridized carbons (Fsp3) is 0.133. The van der Waals surface area contributed by atoms with Crippen molar-refractivity contribution in [3.63, 3.8) is 0 Å². The molecule has 1 aromatic rings. The second-order valence-electron chi connectivity index (χ2n) is 4.16. The SMILES string of the molecule is O=C=NC1(N=C=O)C=CC(C(=O)c2ccccc2)C=C1. The lowest BCUT2D eigenvalue weighted by atomic mass is 9.90. The van der Waals surface area contributed by atoms with Gasteiger partial charge < -0.3 is 0 Å². The molecule has 5 nitrogen and oxygen atoms in total. The van der Waals surface area contributed by atoms with Gasteiger partial charge in [-0.2, -0.15) is 9.98 Å². The summed E-state index contributed by atoms with van der Waals surface area (Å²) in [5, 5.41) is 0. The summed E-state index contributed by atoms with van der Waals surface area (Å²) in [7, 11) is 0. The van der Waals surface area contributed by atoms with Gasteiger partial charge in [-0.15, -0.1) is 0 Å². The van der Waals surface area contributed by atoms with Crippen LogP contribution in [0.1, 0.15) is 10.4 Å². The van der Waals surface area contributed by atoms with E-state index in [-0.39, 0.29) is 5.78 Å². The van der Waals surface area contributed by atoms with E-state index in [0.717, 1.165) is 0 Å². The molecule has 1 aromatic carbocycles. The summed E-state index contributed by atoms with van der Waals surface area (Å²) in [6.07, 6.45) is 8.63. The number of carbonyl (C=O) groups is 1. The molecule has 0 saturated heterocycles.